The van der Waals surface area contributed by atoms with Crippen molar-refractivity contribution in [2.75, 3.05) is 52.5 Å². The Kier molecular flexibility index (Phi) is 6.67. The Bertz CT molecular complexity index is 718. The maximum atomic E-state index is 13.1. The van der Waals surface area contributed by atoms with E-state index in [0.29, 0.717) is 39.3 Å². The van der Waals surface area contributed by atoms with Crippen LogP contribution in [0.5, 0.6) is 5.75 Å². The molecule has 0 radical (unpaired) electrons. The average molecular weight is 421 g/mol. The van der Waals surface area contributed by atoms with Crippen molar-refractivity contribution in [2.45, 2.75) is 39.0 Å². The standard InChI is InChI=1S/C23H33ClN2O3/c1-18-13-20(5-6-21(18)24)29-17-23(14-22(27)26-9-11-28-12-10-26)7-2-8-25(16-23)15-19-3-4-19/h5-6,13,19H,2-4,7-12,14-17H2,1H3/t23-/m1/s1. The Morgan fingerprint density at radius 3 is 2.79 bits per heavy atom. The number of amides is 1. The van der Waals surface area contributed by atoms with E-state index in [1.807, 2.05) is 30.0 Å². The van der Waals surface area contributed by atoms with Crippen molar-refractivity contribution < 1.29 is 14.3 Å². The van der Waals surface area contributed by atoms with Gasteiger partial charge in [-0.1, -0.05) is 11.6 Å². The summed E-state index contributed by atoms with van der Waals surface area (Å²) in [4.78, 5) is 17.6. The number of nitrogens with zero attached hydrogens (tertiary/aromatic N) is 2. The molecule has 3 fully saturated rings. The molecule has 0 bridgehead atoms. The number of benzene rings is 1. The molecule has 1 aromatic carbocycles. The molecule has 1 aliphatic carbocycles. The third-order valence-corrected chi connectivity index (χ3v) is 6.94. The molecule has 1 atom stereocenters. The zero-order valence-corrected chi connectivity index (χ0v) is 18.3. The number of likely N-dealkylation sites (tertiary alicyclic amines) is 1. The lowest BCUT2D eigenvalue weighted by Gasteiger charge is -2.43. The second-order valence-corrected chi connectivity index (χ2v) is 9.56. The first-order valence-electron chi connectivity index (χ1n) is 11.0. The fraction of sp³-hybridized carbons (Fsp3) is 0.696. The zero-order chi connectivity index (χ0) is 20.3. The van der Waals surface area contributed by atoms with E-state index < -0.39 is 0 Å². The van der Waals surface area contributed by atoms with Gasteiger partial charge in [-0.15, -0.1) is 0 Å². The van der Waals surface area contributed by atoms with Gasteiger partial charge in [0.15, 0.2) is 0 Å². The van der Waals surface area contributed by atoms with Crippen molar-refractivity contribution in [3.05, 3.63) is 28.8 Å². The van der Waals surface area contributed by atoms with Crippen LogP contribution in [0, 0.1) is 18.3 Å². The Morgan fingerprint density at radius 1 is 1.28 bits per heavy atom. The van der Waals surface area contributed by atoms with Gasteiger partial charge >= 0.3 is 0 Å². The van der Waals surface area contributed by atoms with Gasteiger partial charge in [-0.2, -0.15) is 0 Å². The molecule has 1 aromatic rings. The fourth-order valence-corrected chi connectivity index (χ4v) is 4.75. The molecule has 2 heterocycles. The van der Waals surface area contributed by atoms with Crippen molar-refractivity contribution >= 4 is 17.5 Å². The summed E-state index contributed by atoms with van der Waals surface area (Å²) >= 11 is 6.16. The molecule has 0 aromatic heterocycles. The monoisotopic (exact) mass is 420 g/mol. The van der Waals surface area contributed by atoms with E-state index in [-0.39, 0.29) is 11.3 Å². The third-order valence-electron chi connectivity index (χ3n) is 6.52. The number of morpholine rings is 1. The summed E-state index contributed by atoms with van der Waals surface area (Å²) in [6.07, 6.45) is 5.44. The number of piperidine rings is 1. The molecule has 0 unspecified atom stereocenters. The first-order valence-corrected chi connectivity index (χ1v) is 11.4. The van der Waals surface area contributed by atoms with Gasteiger partial charge in [-0.3, -0.25) is 4.79 Å². The summed E-state index contributed by atoms with van der Waals surface area (Å²) in [5.74, 6) is 1.95. The molecule has 1 amide bonds. The zero-order valence-electron chi connectivity index (χ0n) is 17.5. The molecule has 1 saturated carbocycles. The van der Waals surface area contributed by atoms with Crippen molar-refractivity contribution in [3.8, 4) is 5.75 Å². The van der Waals surface area contributed by atoms with E-state index in [4.69, 9.17) is 21.1 Å². The number of rotatable bonds is 7. The summed E-state index contributed by atoms with van der Waals surface area (Å²) < 4.78 is 11.7. The van der Waals surface area contributed by atoms with Crippen LogP contribution in [0.25, 0.3) is 0 Å². The summed E-state index contributed by atoms with van der Waals surface area (Å²) in [5, 5.41) is 0.753. The van der Waals surface area contributed by atoms with Crippen LogP contribution in [0.2, 0.25) is 5.02 Å². The Morgan fingerprint density at radius 2 is 2.07 bits per heavy atom. The Labute approximate surface area is 179 Å². The highest BCUT2D eigenvalue weighted by atomic mass is 35.5. The molecule has 4 rings (SSSR count). The molecule has 160 valence electrons. The summed E-state index contributed by atoms with van der Waals surface area (Å²) in [5.41, 5.74) is 0.886. The quantitative estimate of drug-likeness (QED) is 0.673. The van der Waals surface area contributed by atoms with Crippen molar-refractivity contribution in [3.63, 3.8) is 0 Å². The van der Waals surface area contributed by atoms with Gasteiger partial charge in [0, 0.05) is 43.0 Å². The highest BCUT2D eigenvalue weighted by Crippen LogP contribution is 2.38. The average Bonchev–Trinajstić information content (AvgIpc) is 3.54. The number of aryl methyl sites for hydroxylation is 1. The van der Waals surface area contributed by atoms with E-state index >= 15 is 0 Å². The second kappa shape index (κ2) is 9.23. The van der Waals surface area contributed by atoms with Crippen LogP contribution < -0.4 is 4.74 Å². The molecule has 2 aliphatic heterocycles. The van der Waals surface area contributed by atoms with Gasteiger partial charge in [0.25, 0.3) is 0 Å². The van der Waals surface area contributed by atoms with Crippen molar-refractivity contribution in [2.24, 2.45) is 11.3 Å². The highest BCUT2D eigenvalue weighted by molar-refractivity contribution is 6.31. The van der Waals surface area contributed by atoms with Gasteiger partial charge in [-0.05, 0) is 68.8 Å². The SMILES string of the molecule is Cc1cc(OC[C@@]2(CC(=O)N3CCOCC3)CCCN(CC3CC3)C2)ccc1Cl. The van der Waals surface area contributed by atoms with Crippen molar-refractivity contribution in [1.29, 1.82) is 0 Å². The van der Waals surface area contributed by atoms with Crippen LogP contribution in [0.15, 0.2) is 18.2 Å². The molecule has 3 aliphatic rings. The summed E-state index contributed by atoms with van der Waals surface area (Å²) in [6, 6.07) is 5.81. The number of hydrogen-bond donors (Lipinski definition) is 0. The molecule has 0 spiro atoms. The van der Waals surface area contributed by atoms with E-state index in [1.54, 1.807) is 0 Å². The number of carbonyl (C=O) groups excluding carboxylic acids is 1. The number of ether oxygens (including phenoxy) is 2. The van der Waals surface area contributed by atoms with Gasteiger partial charge in [-0.25, -0.2) is 0 Å². The minimum absolute atomic E-state index is 0.129. The van der Waals surface area contributed by atoms with E-state index in [2.05, 4.69) is 4.90 Å². The first kappa shape index (κ1) is 21.0. The molecule has 29 heavy (non-hydrogen) atoms. The van der Waals surface area contributed by atoms with Gasteiger partial charge in [0.05, 0.1) is 19.8 Å². The van der Waals surface area contributed by atoms with Gasteiger partial charge in [0.1, 0.15) is 5.75 Å². The Hall–Kier alpha value is -1.30. The smallest absolute Gasteiger partial charge is 0.223 e. The Balaban J connectivity index is 1.45. The third kappa shape index (κ3) is 5.65. The first-order chi connectivity index (χ1) is 14.0. The lowest BCUT2D eigenvalue weighted by Crippen LogP contribution is -2.50. The summed E-state index contributed by atoms with van der Waals surface area (Å²) in [6.45, 7) is 8.54. The molecular formula is C23H33ClN2O3. The lowest BCUT2D eigenvalue weighted by atomic mass is 9.77. The number of carbonyl (C=O) groups is 1. The minimum atomic E-state index is -0.129. The maximum Gasteiger partial charge on any atom is 0.223 e. The van der Waals surface area contributed by atoms with E-state index in [1.165, 1.54) is 19.4 Å². The van der Waals surface area contributed by atoms with Crippen LogP contribution in [0.4, 0.5) is 0 Å². The molecule has 6 heteroatoms. The van der Waals surface area contributed by atoms with Crippen LogP contribution >= 0.6 is 11.6 Å². The second-order valence-electron chi connectivity index (χ2n) is 9.15. The van der Waals surface area contributed by atoms with Crippen molar-refractivity contribution in [1.82, 2.24) is 9.80 Å². The van der Waals surface area contributed by atoms with E-state index in [0.717, 1.165) is 48.2 Å². The predicted octanol–water partition coefficient (Wildman–Crippen LogP) is 3.77. The molecule has 2 saturated heterocycles. The topological polar surface area (TPSA) is 42.0 Å². The van der Waals surface area contributed by atoms with Gasteiger partial charge in [0.2, 0.25) is 5.91 Å². The predicted molar refractivity (Wildman–Crippen MR) is 115 cm³/mol. The number of hydrogen-bond acceptors (Lipinski definition) is 4. The van der Waals surface area contributed by atoms with Crippen LogP contribution in [-0.4, -0.2) is 68.3 Å². The number of halogens is 1. The molecule has 5 nitrogen and oxygen atoms in total. The maximum absolute atomic E-state index is 13.1. The van der Waals surface area contributed by atoms with Gasteiger partial charge < -0.3 is 19.3 Å². The van der Waals surface area contributed by atoms with Crippen LogP contribution in [0.3, 0.4) is 0 Å². The largest absolute Gasteiger partial charge is 0.493 e. The minimum Gasteiger partial charge on any atom is -0.493 e. The molecular weight excluding hydrogens is 388 g/mol. The van der Waals surface area contributed by atoms with Crippen LogP contribution in [-0.2, 0) is 9.53 Å². The molecule has 0 N–H and O–H groups in total. The lowest BCUT2D eigenvalue weighted by molar-refractivity contribution is -0.139. The highest BCUT2D eigenvalue weighted by Gasteiger charge is 2.40. The normalized spacial score (nSPS) is 25.8. The van der Waals surface area contributed by atoms with E-state index in [9.17, 15) is 4.79 Å². The van der Waals surface area contributed by atoms with Crippen LogP contribution in [0.1, 0.15) is 37.7 Å². The summed E-state index contributed by atoms with van der Waals surface area (Å²) in [7, 11) is 0. The fourth-order valence-electron chi connectivity index (χ4n) is 4.63.